The van der Waals surface area contributed by atoms with Crippen LogP contribution in [-0.2, 0) is 6.54 Å². The first-order chi connectivity index (χ1) is 12.0. The van der Waals surface area contributed by atoms with Gasteiger partial charge in [-0.1, -0.05) is 86.2 Å². The molecule has 0 bridgehead atoms. The number of rotatable bonds is 7. The molecule has 2 nitrogen and oxygen atoms in total. The molecule has 1 atom stereocenters. The van der Waals surface area contributed by atoms with Crippen molar-refractivity contribution in [1.29, 1.82) is 0 Å². The first-order valence-corrected chi connectivity index (χ1v) is 12.5. The number of hydrogen-bond acceptors (Lipinski definition) is 2. The lowest BCUT2D eigenvalue weighted by atomic mass is 10.0. The molecular formula is C22H29NOSi. The summed E-state index contributed by atoms with van der Waals surface area (Å²) in [5.74, 6) is 3.56. The van der Waals surface area contributed by atoms with Gasteiger partial charge in [0.05, 0.1) is 6.04 Å². The van der Waals surface area contributed by atoms with Crippen LogP contribution >= 0.6 is 0 Å². The highest BCUT2D eigenvalue weighted by molar-refractivity contribution is 6.83. The van der Waals surface area contributed by atoms with Crippen molar-refractivity contribution in [3.8, 4) is 11.5 Å². The largest absolute Gasteiger partial charge is 0.396 e. The maximum Gasteiger partial charge on any atom is 0.129 e. The zero-order chi connectivity index (χ0) is 18.1. The topological polar surface area (TPSA) is 23.5 Å². The van der Waals surface area contributed by atoms with Crippen molar-refractivity contribution in [2.24, 2.45) is 0 Å². The fourth-order valence-electron chi connectivity index (χ4n) is 2.70. The Labute approximate surface area is 153 Å². The molecule has 3 heteroatoms. The second-order valence-corrected chi connectivity index (χ2v) is 12.1. The Morgan fingerprint density at radius 1 is 0.960 bits per heavy atom. The number of aliphatic hydroxyl groups is 1. The molecule has 0 aliphatic carbocycles. The van der Waals surface area contributed by atoms with E-state index in [4.69, 9.17) is 0 Å². The lowest BCUT2D eigenvalue weighted by Gasteiger charge is -2.29. The second-order valence-electron chi connectivity index (χ2n) is 7.37. The van der Waals surface area contributed by atoms with Crippen molar-refractivity contribution in [2.75, 3.05) is 13.2 Å². The fourth-order valence-corrected chi connectivity index (χ4v) is 3.27. The molecule has 0 saturated carbocycles. The summed E-state index contributed by atoms with van der Waals surface area (Å²) in [6.07, 6.45) is 0.755. The lowest BCUT2D eigenvalue weighted by molar-refractivity contribution is 0.195. The number of aliphatic hydroxyl groups excluding tert-OH is 1. The van der Waals surface area contributed by atoms with Gasteiger partial charge < -0.3 is 5.11 Å². The highest BCUT2D eigenvalue weighted by Crippen LogP contribution is 2.23. The second kappa shape index (κ2) is 9.58. The van der Waals surface area contributed by atoms with Crippen LogP contribution < -0.4 is 0 Å². The predicted octanol–water partition coefficient (Wildman–Crippen LogP) is 4.49. The minimum Gasteiger partial charge on any atom is -0.396 e. The van der Waals surface area contributed by atoms with Gasteiger partial charge in [-0.05, 0) is 17.5 Å². The summed E-state index contributed by atoms with van der Waals surface area (Å²) in [4.78, 5) is 2.38. The Morgan fingerprint density at radius 3 is 2.12 bits per heavy atom. The summed E-state index contributed by atoms with van der Waals surface area (Å²) in [6.45, 7) is 8.69. The zero-order valence-electron chi connectivity index (χ0n) is 15.6. The van der Waals surface area contributed by atoms with Gasteiger partial charge in [-0.3, -0.25) is 4.90 Å². The van der Waals surface area contributed by atoms with Crippen molar-refractivity contribution in [1.82, 2.24) is 4.90 Å². The minimum absolute atomic E-state index is 0.0553. The van der Waals surface area contributed by atoms with E-state index in [2.05, 4.69) is 84.5 Å². The smallest absolute Gasteiger partial charge is 0.129 e. The maximum atomic E-state index is 9.34. The van der Waals surface area contributed by atoms with Crippen LogP contribution in [0.4, 0.5) is 0 Å². The lowest BCUT2D eigenvalue weighted by Crippen LogP contribution is -2.30. The Bertz CT molecular complexity index is 683. The van der Waals surface area contributed by atoms with Crippen molar-refractivity contribution >= 4 is 8.07 Å². The Hall–Kier alpha value is -1.86. The minimum atomic E-state index is -1.46. The molecule has 0 saturated heterocycles. The third kappa shape index (κ3) is 6.87. The summed E-state index contributed by atoms with van der Waals surface area (Å²) < 4.78 is 0. The zero-order valence-corrected chi connectivity index (χ0v) is 16.6. The van der Waals surface area contributed by atoms with E-state index < -0.39 is 8.07 Å². The van der Waals surface area contributed by atoms with Gasteiger partial charge in [-0.25, -0.2) is 0 Å². The molecule has 1 unspecified atom stereocenters. The monoisotopic (exact) mass is 351 g/mol. The van der Waals surface area contributed by atoms with Crippen molar-refractivity contribution in [3.05, 3.63) is 71.8 Å². The van der Waals surface area contributed by atoms with Gasteiger partial charge in [0.15, 0.2) is 0 Å². The van der Waals surface area contributed by atoms with E-state index in [1.165, 1.54) is 11.1 Å². The van der Waals surface area contributed by atoms with Gasteiger partial charge in [0.1, 0.15) is 8.07 Å². The van der Waals surface area contributed by atoms with Gasteiger partial charge in [0, 0.05) is 19.7 Å². The van der Waals surface area contributed by atoms with Crippen LogP contribution in [0, 0.1) is 11.5 Å². The van der Waals surface area contributed by atoms with E-state index in [9.17, 15) is 5.11 Å². The molecule has 0 amide bonds. The highest BCUT2D eigenvalue weighted by atomic mass is 28.3. The van der Waals surface area contributed by atoms with Gasteiger partial charge >= 0.3 is 0 Å². The van der Waals surface area contributed by atoms with E-state index in [1.54, 1.807) is 0 Å². The molecule has 25 heavy (non-hydrogen) atoms. The first kappa shape index (κ1) is 19.5. The molecule has 0 aliphatic heterocycles. The van der Waals surface area contributed by atoms with Crippen molar-refractivity contribution in [2.45, 2.75) is 38.6 Å². The van der Waals surface area contributed by atoms with Crippen LogP contribution in [0.1, 0.15) is 23.6 Å². The summed E-state index contributed by atoms with van der Waals surface area (Å²) in [7, 11) is -1.46. The standard InChI is InChI=1S/C22H29NOSi/c1-25(2,3)18-15-22(21-13-8-5-9-14-21)23(16-10-17-24)19-20-11-6-4-7-12-20/h4-9,11-14,22,24H,10,16-17,19H2,1-3H3. The highest BCUT2D eigenvalue weighted by Gasteiger charge is 2.19. The summed E-state index contributed by atoms with van der Waals surface area (Å²) in [5.41, 5.74) is 6.05. The van der Waals surface area contributed by atoms with E-state index in [0.717, 1.165) is 19.5 Å². The number of nitrogens with zero attached hydrogens (tertiary/aromatic N) is 1. The fraction of sp³-hybridized carbons (Fsp3) is 0.364. The maximum absolute atomic E-state index is 9.34. The third-order valence-corrected chi connectivity index (χ3v) is 4.79. The molecular weight excluding hydrogens is 322 g/mol. The predicted molar refractivity (Wildman–Crippen MR) is 109 cm³/mol. The molecule has 0 aliphatic rings. The number of hydrogen-bond donors (Lipinski definition) is 1. The van der Waals surface area contributed by atoms with Gasteiger partial charge in [-0.15, -0.1) is 5.54 Å². The van der Waals surface area contributed by atoms with Crippen LogP contribution in [0.3, 0.4) is 0 Å². The van der Waals surface area contributed by atoms with Crippen molar-refractivity contribution < 1.29 is 5.11 Å². The van der Waals surface area contributed by atoms with Crippen LogP contribution in [0.15, 0.2) is 60.7 Å². The molecule has 0 heterocycles. The Kier molecular flexibility index (Phi) is 7.45. The summed E-state index contributed by atoms with van der Waals surface area (Å²) in [5, 5.41) is 9.34. The van der Waals surface area contributed by atoms with E-state index in [0.29, 0.717) is 0 Å². The molecule has 2 aromatic rings. The average Bonchev–Trinajstić information content (AvgIpc) is 2.60. The molecule has 0 fully saturated rings. The molecule has 0 radical (unpaired) electrons. The Balaban J connectivity index is 2.35. The third-order valence-electron chi connectivity index (χ3n) is 3.90. The van der Waals surface area contributed by atoms with Crippen molar-refractivity contribution in [3.63, 3.8) is 0 Å². The molecule has 0 aromatic heterocycles. The van der Waals surface area contributed by atoms with E-state index in [-0.39, 0.29) is 12.6 Å². The van der Waals surface area contributed by atoms with Crippen LogP contribution in [0.2, 0.25) is 19.6 Å². The van der Waals surface area contributed by atoms with Crippen LogP contribution in [-0.4, -0.2) is 31.2 Å². The quantitative estimate of drug-likeness (QED) is 0.587. The first-order valence-electron chi connectivity index (χ1n) is 8.96. The van der Waals surface area contributed by atoms with Crippen LogP contribution in [0.25, 0.3) is 0 Å². The molecule has 132 valence electrons. The van der Waals surface area contributed by atoms with Gasteiger partial charge in [0.2, 0.25) is 0 Å². The van der Waals surface area contributed by atoms with Gasteiger partial charge in [-0.2, -0.15) is 0 Å². The van der Waals surface area contributed by atoms with E-state index in [1.807, 2.05) is 12.1 Å². The van der Waals surface area contributed by atoms with E-state index >= 15 is 0 Å². The SMILES string of the molecule is C[Si](C)(C)C#CC(c1ccccc1)N(CCCO)Cc1ccccc1. The van der Waals surface area contributed by atoms with Crippen LogP contribution in [0.5, 0.6) is 0 Å². The Morgan fingerprint density at radius 2 is 1.56 bits per heavy atom. The summed E-state index contributed by atoms with van der Waals surface area (Å²) >= 11 is 0. The summed E-state index contributed by atoms with van der Waals surface area (Å²) in [6, 6.07) is 21.1. The van der Waals surface area contributed by atoms with Gasteiger partial charge in [0.25, 0.3) is 0 Å². The average molecular weight is 352 g/mol. The molecule has 0 spiro atoms. The molecule has 2 aromatic carbocycles. The molecule has 1 N–H and O–H groups in total. The molecule has 2 rings (SSSR count). The number of benzene rings is 2. The normalized spacial score (nSPS) is 12.5.